The highest BCUT2D eigenvalue weighted by molar-refractivity contribution is 5.78. The van der Waals surface area contributed by atoms with Gasteiger partial charge in [-0.1, -0.05) is 12.1 Å². The van der Waals surface area contributed by atoms with E-state index in [1.165, 1.54) is 12.1 Å². The largest absolute Gasteiger partial charge is 0.358 e. The molecule has 1 aliphatic rings. The molecule has 1 aromatic rings. The molecule has 22 heavy (non-hydrogen) atoms. The van der Waals surface area contributed by atoms with E-state index in [0.717, 1.165) is 5.56 Å². The summed E-state index contributed by atoms with van der Waals surface area (Å²) in [6.45, 7) is 3.07. The zero-order chi connectivity index (χ0) is 15.9. The molecule has 1 fully saturated rings. The van der Waals surface area contributed by atoms with Crippen molar-refractivity contribution in [2.24, 2.45) is 0 Å². The Kier molecular flexibility index (Phi) is 5.89. The summed E-state index contributed by atoms with van der Waals surface area (Å²) in [6.07, 6.45) is 0.938. The third-order valence-electron chi connectivity index (χ3n) is 3.89. The van der Waals surface area contributed by atoms with E-state index in [4.69, 9.17) is 0 Å². The number of hydrogen-bond acceptors (Lipinski definition) is 3. The quantitative estimate of drug-likeness (QED) is 0.869. The molecule has 0 bridgehead atoms. The predicted octanol–water partition coefficient (Wildman–Crippen LogP) is 0.649. The van der Waals surface area contributed by atoms with Crippen LogP contribution in [0.15, 0.2) is 24.3 Å². The number of aryl methyl sites for hydroxylation is 1. The Morgan fingerprint density at radius 2 is 1.95 bits per heavy atom. The van der Waals surface area contributed by atoms with Gasteiger partial charge in [-0.25, -0.2) is 4.39 Å². The van der Waals surface area contributed by atoms with Crippen molar-refractivity contribution in [3.63, 3.8) is 0 Å². The van der Waals surface area contributed by atoms with E-state index >= 15 is 0 Å². The van der Waals surface area contributed by atoms with Gasteiger partial charge in [0, 0.05) is 39.6 Å². The Morgan fingerprint density at radius 3 is 2.59 bits per heavy atom. The van der Waals surface area contributed by atoms with Gasteiger partial charge in [-0.2, -0.15) is 0 Å². The van der Waals surface area contributed by atoms with Crippen LogP contribution in [-0.2, 0) is 16.0 Å². The number of likely N-dealkylation sites (N-methyl/N-ethyl adjacent to an activating group) is 1. The Hall–Kier alpha value is -1.95. The first-order chi connectivity index (χ1) is 10.6. The fourth-order valence-electron chi connectivity index (χ4n) is 2.54. The maximum absolute atomic E-state index is 13.1. The molecule has 1 N–H and O–H groups in total. The van der Waals surface area contributed by atoms with Gasteiger partial charge in [0.25, 0.3) is 0 Å². The Labute approximate surface area is 130 Å². The van der Waals surface area contributed by atoms with Gasteiger partial charge in [-0.3, -0.25) is 14.5 Å². The summed E-state index contributed by atoms with van der Waals surface area (Å²) in [5.74, 6) is -0.192. The molecule has 0 atom stereocenters. The van der Waals surface area contributed by atoms with Crippen molar-refractivity contribution in [3.05, 3.63) is 35.6 Å². The standard InChI is InChI=1S/C16H22FN3O2/c1-18-15(21)12-19-7-9-20(10-8-19)16(22)6-5-13-3-2-4-14(17)11-13/h2-4,11H,5-10,12H2,1H3,(H,18,21). The summed E-state index contributed by atoms with van der Waals surface area (Å²) >= 11 is 0. The lowest BCUT2D eigenvalue weighted by molar-refractivity contribution is -0.133. The van der Waals surface area contributed by atoms with Gasteiger partial charge in [0.2, 0.25) is 11.8 Å². The van der Waals surface area contributed by atoms with Gasteiger partial charge in [0.1, 0.15) is 5.82 Å². The van der Waals surface area contributed by atoms with Crippen LogP contribution in [0.1, 0.15) is 12.0 Å². The highest BCUT2D eigenvalue weighted by Crippen LogP contribution is 2.09. The van der Waals surface area contributed by atoms with E-state index in [1.54, 1.807) is 13.1 Å². The molecular weight excluding hydrogens is 285 g/mol. The van der Waals surface area contributed by atoms with Crippen molar-refractivity contribution in [1.29, 1.82) is 0 Å². The number of hydrogen-bond donors (Lipinski definition) is 1. The average Bonchev–Trinajstić information content (AvgIpc) is 2.53. The van der Waals surface area contributed by atoms with Crippen molar-refractivity contribution in [2.45, 2.75) is 12.8 Å². The molecule has 1 heterocycles. The van der Waals surface area contributed by atoms with E-state index < -0.39 is 0 Å². The molecule has 1 aliphatic heterocycles. The molecule has 2 rings (SSSR count). The van der Waals surface area contributed by atoms with Gasteiger partial charge < -0.3 is 10.2 Å². The molecule has 1 saturated heterocycles. The number of nitrogens with one attached hydrogen (secondary N) is 1. The molecule has 0 aliphatic carbocycles. The second-order valence-corrected chi connectivity index (χ2v) is 5.46. The highest BCUT2D eigenvalue weighted by Gasteiger charge is 2.21. The Bertz CT molecular complexity index is 528. The maximum Gasteiger partial charge on any atom is 0.233 e. The van der Waals surface area contributed by atoms with E-state index in [2.05, 4.69) is 5.32 Å². The highest BCUT2D eigenvalue weighted by atomic mass is 19.1. The molecule has 0 aromatic heterocycles. The van der Waals surface area contributed by atoms with Crippen molar-refractivity contribution in [1.82, 2.24) is 15.1 Å². The first-order valence-corrected chi connectivity index (χ1v) is 7.53. The third-order valence-corrected chi connectivity index (χ3v) is 3.89. The lowest BCUT2D eigenvalue weighted by atomic mass is 10.1. The van der Waals surface area contributed by atoms with Gasteiger partial charge in [0.05, 0.1) is 6.54 Å². The van der Waals surface area contributed by atoms with E-state index in [-0.39, 0.29) is 17.6 Å². The number of nitrogens with zero attached hydrogens (tertiary/aromatic N) is 2. The van der Waals surface area contributed by atoms with E-state index in [1.807, 2.05) is 15.9 Å². The first kappa shape index (κ1) is 16.4. The number of benzene rings is 1. The van der Waals surface area contributed by atoms with Crippen molar-refractivity contribution in [2.75, 3.05) is 39.8 Å². The molecule has 0 radical (unpaired) electrons. The normalized spacial score (nSPS) is 15.6. The second-order valence-electron chi connectivity index (χ2n) is 5.46. The SMILES string of the molecule is CNC(=O)CN1CCN(C(=O)CCc2cccc(F)c2)CC1. The fourth-order valence-corrected chi connectivity index (χ4v) is 2.54. The molecule has 1 aromatic carbocycles. The summed E-state index contributed by atoms with van der Waals surface area (Å²) in [5, 5.41) is 2.60. The second kappa shape index (κ2) is 7.89. The number of halogens is 1. The fraction of sp³-hybridized carbons (Fsp3) is 0.500. The first-order valence-electron chi connectivity index (χ1n) is 7.53. The molecule has 6 heteroatoms. The number of carbonyl (C=O) groups is 2. The minimum Gasteiger partial charge on any atom is -0.358 e. The van der Waals surface area contributed by atoms with Gasteiger partial charge in [-0.15, -0.1) is 0 Å². The number of amides is 2. The summed E-state index contributed by atoms with van der Waals surface area (Å²) in [6, 6.07) is 6.36. The Balaban J connectivity index is 1.74. The monoisotopic (exact) mass is 307 g/mol. The molecule has 2 amide bonds. The summed E-state index contributed by atoms with van der Waals surface area (Å²) in [5.41, 5.74) is 0.839. The minimum absolute atomic E-state index is 0.00844. The maximum atomic E-state index is 13.1. The van der Waals surface area contributed by atoms with Crippen LogP contribution >= 0.6 is 0 Å². The van der Waals surface area contributed by atoms with Crippen molar-refractivity contribution < 1.29 is 14.0 Å². The zero-order valence-electron chi connectivity index (χ0n) is 12.8. The van der Waals surface area contributed by atoms with Gasteiger partial charge >= 0.3 is 0 Å². The minimum atomic E-state index is -0.271. The number of piperazine rings is 1. The summed E-state index contributed by atoms with van der Waals surface area (Å²) < 4.78 is 13.1. The molecular formula is C16H22FN3O2. The Morgan fingerprint density at radius 1 is 1.23 bits per heavy atom. The number of rotatable bonds is 5. The van der Waals surface area contributed by atoms with Crippen molar-refractivity contribution in [3.8, 4) is 0 Å². The van der Waals surface area contributed by atoms with Crippen LogP contribution in [0.25, 0.3) is 0 Å². The van der Waals surface area contributed by atoms with Crippen LogP contribution in [-0.4, -0.2) is 61.4 Å². The smallest absolute Gasteiger partial charge is 0.233 e. The molecule has 5 nitrogen and oxygen atoms in total. The average molecular weight is 307 g/mol. The van der Waals surface area contributed by atoms with E-state index in [9.17, 15) is 14.0 Å². The van der Waals surface area contributed by atoms with Crippen LogP contribution in [0.4, 0.5) is 4.39 Å². The van der Waals surface area contributed by atoms with Gasteiger partial charge in [0.15, 0.2) is 0 Å². The topological polar surface area (TPSA) is 52.7 Å². The van der Waals surface area contributed by atoms with Crippen LogP contribution in [0.2, 0.25) is 0 Å². The van der Waals surface area contributed by atoms with Crippen LogP contribution < -0.4 is 5.32 Å². The van der Waals surface area contributed by atoms with E-state index in [0.29, 0.717) is 45.6 Å². The number of carbonyl (C=O) groups excluding carboxylic acids is 2. The van der Waals surface area contributed by atoms with Crippen LogP contribution in [0.3, 0.4) is 0 Å². The van der Waals surface area contributed by atoms with Gasteiger partial charge in [-0.05, 0) is 24.1 Å². The summed E-state index contributed by atoms with van der Waals surface area (Å²) in [7, 11) is 1.62. The van der Waals surface area contributed by atoms with Crippen LogP contribution in [0.5, 0.6) is 0 Å². The lowest BCUT2D eigenvalue weighted by Crippen LogP contribution is -2.50. The molecule has 0 unspecified atom stereocenters. The third kappa shape index (κ3) is 4.80. The van der Waals surface area contributed by atoms with Crippen LogP contribution in [0, 0.1) is 5.82 Å². The molecule has 0 spiro atoms. The molecule has 0 saturated carbocycles. The lowest BCUT2D eigenvalue weighted by Gasteiger charge is -2.34. The zero-order valence-corrected chi connectivity index (χ0v) is 12.8. The predicted molar refractivity (Wildman–Crippen MR) is 81.8 cm³/mol. The van der Waals surface area contributed by atoms with Crippen molar-refractivity contribution >= 4 is 11.8 Å². The summed E-state index contributed by atoms with van der Waals surface area (Å²) in [4.78, 5) is 27.4. The molecule has 120 valence electrons.